The van der Waals surface area contributed by atoms with E-state index in [9.17, 15) is 9.59 Å². The number of nitrogens with one attached hydrogen (secondary N) is 2. The van der Waals surface area contributed by atoms with E-state index in [1.807, 2.05) is 50.2 Å². The van der Waals surface area contributed by atoms with Crippen LogP contribution < -0.4 is 10.6 Å². The molecule has 4 heteroatoms. The molecule has 4 nitrogen and oxygen atoms in total. The highest BCUT2D eigenvalue weighted by Gasteiger charge is 2.09. The van der Waals surface area contributed by atoms with Crippen molar-refractivity contribution in [2.75, 3.05) is 10.6 Å². The molecule has 2 N–H and O–H groups in total. The van der Waals surface area contributed by atoms with Crippen molar-refractivity contribution in [1.29, 1.82) is 0 Å². The molecule has 0 spiro atoms. The minimum absolute atomic E-state index is 0.0328. The molecule has 0 aliphatic carbocycles. The number of hydrogen-bond acceptors (Lipinski definition) is 2. The molecule has 0 unspecified atom stereocenters. The molecule has 2 aromatic carbocycles. The first kappa shape index (κ1) is 16.7. The van der Waals surface area contributed by atoms with Crippen molar-refractivity contribution in [3.8, 4) is 0 Å². The second-order valence-corrected chi connectivity index (χ2v) is 5.70. The van der Waals surface area contributed by atoms with Crippen molar-refractivity contribution in [3.63, 3.8) is 0 Å². The van der Waals surface area contributed by atoms with Gasteiger partial charge < -0.3 is 10.6 Å². The average molecular weight is 310 g/mol. The third-order valence-electron chi connectivity index (χ3n) is 3.64. The summed E-state index contributed by atoms with van der Waals surface area (Å²) in [5.74, 6) is -0.161. The molecule has 0 fully saturated rings. The van der Waals surface area contributed by atoms with E-state index in [0.717, 1.165) is 16.8 Å². The summed E-state index contributed by atoms with van der Waals surface area (Å²) in [6.07, 6.45) is 1.13. The van der Waals surface area contributed by atoms with Gasteiger partial charge in [-0.05, 0) is 43.5 Å². The highest BCUT2D eigenvalue weighted by atomic mass is 16.2. The van der Waals surface area contributed by atoms with Crippen LogP contribution in [0.1, 0.15) is 30.0 Å². The fraction of sp³-hybridized carbons (Fsp3) is 0.263. The van der Waals surface area contributed by atoms with Gasteiger partial charge in [-0.2, -0.15) is 0 Å². The second-order valence-electron chi connectivity index (χ2n) is 5.70. The first-order valence-corrected chi connectivity index (χ1v) is 7.68. The van der Waals surface area contributed by atoms with Crippen molar-refractivity contribution in [2.45, 2.75) is 33.6 Å². The lowest BCUT2D eigenvalue weighted by Crippen LogP contribution is -2.14. The van der Waals surface area contributed by atoms with Gasteiger partial charge >= 0.3 is 0 Å². The molecular weight excluding hydrogens is 288 g/mol. The van der Waals surface area contributed by atoms with Crippen LogP contribution in [0.5, 0.6) is 0 Å². The first-order chi connectivity index (χ1) is 11.0. The van der Waals surface area contributed by atoms with Gasteiger partial charge in [-0.3, -0.25) is 9.59 Å². The number of aryl methyl sites for hydroxylation is 2. The summed E-state index contributed by atoms with van der Waals surface area (Å²) in [5.41, 5.74) is 4.65. The Morgan fingerprint density at radius 1 is 0.957 bits per heavy atom. The number of benzene rings is 2. The summed E-state index contributed by atoms with van der Waals surface area (Å²) in [7, 11) is 0. The monoisotopic (exact) mass is 310 g/mol. The van der Waals surface area contributed by atoms with Crippen molar-refractivity contribution >= 4 is 23.2 Å². The van der Waals surface area contributed by atoms with Gasteiger partial charge in [-0.15, -0.1) is 0 Å². The fourth-order valence-corrected chi connectivity index (χ4v) is 2.43. The summed E-state index contributed by atoms with van der Waals surface area (Å²) in [6, 6.07) is 13.6. The lowest BCUT2D eigenvalue weighted by atomic mass is 10.1. The molecular formula is C19H22N2O2. The second kappa shape index (κ2) is 7.58. The number of hydrogen-bond donors (Lipinski definition) is 2. The summed E-state index contributed by atoms with van der Waals surface area (Å²) in [6.45, 7) is 5.38. The lowest BCUT2D eigenvalue weighted by molar-refractivity contribution is -0.116. The van der Waals surface area contributed by atoms with Crippen molar-refractivity contribution in [3.05, 3.63) is 59.2 Å². The van der Waals surface area contributed by atoms with Crippen LogP contribution >= 0.6 is 0 Å². The van der Waals surface area contributed by atoms with Crippen LogP contribution in [0.3, 0.4) is 0 Å². The van der Waals surface area contributed by atoms with Crippen LogP contribution in [0.25, 0.3) is 0 Å². The predicted octanol–water partition coefficient (Wildman–Crippen LogP) is 3.83. The number of anilines is 2. The Morgan fingerprint density at radius 2 is 1.61 bits per heavy atom. The molecule has 0 saturated heterocycles. The van der Waals surface area contributed by atoms with E-state index in [1.54, 1.807) is 0 Å². The van der Waals surface area contributed by atoms with E-state index in [-0.39, 0.29) is 11.8 Å². The van der Waals surface area contributed by atoms with Crippen LogP contribution in [0, 0.1) is 13.8 Å². The standard InChI is InChI=1S/C19H22N2O2/c1-13-6-4-7-16(12-13)10-11-19(23)21-18-9-5-8-17(14(18)2)20-15(3)22/h4-9,12H,10-11H2,1-3H3,(H,20,22)(H,21,23). The zero-order chi connectivity index (χ0) is 16.8. The number of amides is 2. The molecule has 2 amide bonds. The number of carbonyl (C=O) groups is 2. The maximum Gasteiger partial charge on any atom is 0.224 e. The van der Waals surface area contributed by atoms with Gasteiger partial charge in [-0.25, -0.2) is 0 Å². The Hall–Kier alpha value is -2.62. The SMILES string of the molecule is CC(=O)Nc1cccc(NC(=O)CCc2cccc(C)c2)c1C. The summed E-state index contributed by atoms with van der Waals surface area (Å²) < 4.78 is 0. The van der Waals surface area contributed by atoms with Crippen molar-refractivity contribution in [2.24, 2.45) is 0 Å². The summed E-state index contributed by atoms with van der Waals surface area (Å²) >= 11 is 0. The predicted molar refractivity (Wildman–Crippen MR) is 93.6 cm³/mol. The number of rotatable bonds is 5. The maximum absolute atomic E-state index is 12.2. The molecule has 120 valence electrons. The van der Waals surface area contributed by atoms with Crippen molar-refractivity contribution < 1.29 is 9.59 Å². The minimum atomic E-state index is -0.129. The van der Waals surface area contributed by atoms with Gasteiger partial charge in [0.05, 0.1) is 0 Å². The zero-order valence-corrected chi connectivity index (χ0v) is 13.8. The van der Waals surface area contributed by atoms with Crippen molar-refractivity contribution in [1.82, 2.24) is 0 Å². The van der Waals surface area contributed by atoms with Gasteiger partial charge in [0, 0.05) is 24.7 Å². The molecule has 0 atom stereocenters. The van der Waals surface area contributed by atoms with E-state index in [2.05, 4.69) is 16.7 Å². The van der Waals surface area contributed by atoms with Crippen LogP contribution in [0.4, 0.5) is 11.4 Å². The molecule has 0 aliphatic rings. The van der Waals surface area contributed by atoms with Gasteiger partial charge in [0.2, 0.25) is 11.8 Å². The smallest absolute Gasteiger partial charge is 0.224 e. The Balaban J connectivity index is 1.99. The molecule has 0 bridgehead atoms. The average Bonchev–Trinajstić information content (AvgIpc) is 2.49. The topological polar surface area (TPSA) is 58.2 Å². The Labute approximate surface area is 136 Å². The Morgan fingerprint density at radius 3 is 2.26 bits per heavy atom. The highest BCUT2D eigenvalue weighted by Crippen LogP contribution is 2.23. The molecule has 0 radical (unpaired) electrons. The van der Waals surface area contributed by atoms with Crippen LogP contribution in [-0.2, 0) is 16.0 Å². The van der Waals surface area contributed by atoms with Gasteiger partial charge in [0.25, 0.3) is 0 Å². The molecule has 0 heterocycles. The maximum atomic E-state index is 12.2. The highest BCUT2D eigenvalue weighted by molar-refractivity contribution is 5.95. The van der Waals surface area contributed by atoms with Crippen LogP contribution in [-0.4, -0.2) is 11.8 Å². The third-order valence-corrected chi connectivity index (χ3v) is 3.64. The molecule has 0 aliphatic heterocycles. The molecule has 2 rings (SSSR count). The van der Waals surface area contributed by atoms with E-state index in [4.69, 9.17) is 0 Å². The quantitative estimate of drug-likeness (QED) is 0.881. The number of carbonyl (C=O) groups excluding carboxylic acids is 2. The van der Waals surface area contributed by atoms with E-state index >= 15 is 0 Å². The first-order valence-electron chi connectivity index (χ1n) is 7.68. The minimum Gasteiger partial charge on any atom is -0.326 e. The summed E-state index contributed by atoms with van der Waals surface area (Å²) in [5, 5.41) is 5.68. The van der Waals surface area contributed by atoms with E-state index in [0.29, 0.717) is 18.5 Å². The normalized spacial score (nSPS) is 10.2. The largest absolute Gasteiger partial charge is 0.326 e. The lowest BCUT2D eigenvalue weighted by Gasteiger charge is -2.12. The fourth-order valence-electron chi connectivity index (χ4n) is 2.43. The van der Waals surface area contributed by atoms with Crippen LogP contribution in [0.2, 0.25) is 0 Å². The van der Waals surface area contributed by atoms with E-state index in [1.165, 1.54) is 12.5 Å². The zero-order valence-electron chi connectivity index (χ0n) is 13.8. The third kappa shape index (κ3) is 4.95. The summed E-state index contributed by atoms with van der Waals surface area (Å²) in [4.78, 5) is 23.3. The molecule has 0 aromatic heterocycles. The molecule has 0 saturated carbocycles. The Kier molecular flexibility index (Phi) is 5.52. The van der Waals surface area contributed by atoms with Crippen LogP contribution in [0.15, 0.2) is 42.5 Å². The Bertz CT molecular complexity index is 723. The molecule has 2 aromatic rings. The molecule has 23 heavy (non-hydrogen) atoms. The van der Waals surface area contributed by atoms with Gasteiger partial charge in [-0.1, -0.05) is 35.9 Å². The van der Waals surface area contributed by atoms with Gasteiger partial charge in [0.1, 0.15) is 0 Å². The van der Waals surface area contributed by atoms with Gasteiger partial charge in [0.15, 0.2) is 0 Å². The van der Waals surface area contributed by atoms with E-state index < -0.39 is 0 Å².